The van der Waals surface area contributed by atoms with Gasteiger partial charge in [-0.15, -0.1) is 0 Å². The number of hydrogen-bond acceptors (Lipinski definition) is 6. The normalized spacial score (nSPS) is 12.2. The van der Waals surface area contributed by atoms with Crippen LogP contribution < -0.4 is 15.8 Å². The number of amides is 2. The number of primary amides is 1. The summed E-state index contributed by atoms with van der Waals surface area (Å²) in [5.41, 5.74) is 5.05. The summed E-state index contributed by atoms with van der Waals surface area (Å²) in [4.78, 5) is 23.0. The van der Waals surface area contributed by atoms with E-state index in [4.69, 9.17) is 5.73 Å². The molecule has 150 valence electrons. The monoisotopic (exact) mass is 471 g/mol. The number of phenolic OH excluding ortho intramolecular Hbond substituents is 2. The second kappa shape index (κ2) is 8.07. The van der Waals surface area contributed by atoms with Crippen molar-refractivity contribution in [3.8, 4) is 11.5 Å². The number of carbonyl (C=O) groups is 2. The summed E-state index contributed by atoms with van der Waals surface area (Å²) in [5, 5.41) is 22.6. The molecule has 11 heteroatoms. The SMILES string of the molecule is Cc1cc(NS(=O)(=O)c2cc(Br)ccc2O)c(O)c(C(=O)N[C@@H](C)C(N)=O)c1. The van der Waals surface area contributed by atoms with Crippen molar-refractivity contribution in [3.63, 3.8) is 0 Å². The average molecular weight is 472 g/mol. The maximum absolute atomic E-state index is 12.6. The van der Waals surface area contributed by atoms with Crippen molar-refractivity contribution in [1.82, 2.24) is 5.32 Å². The lowest BCUT2D eigenvalue weighted by atomic mass is 10.1. The van der Waals surface area contributed by atoms with E-state index in [-0.39, 0.29) is 11.3 Å². The molecule has 2 aromatic rings. The molecule has 0 unspecified atom stereocenters. The van der Waals surface area contributed by atoms with Gasteiger partial charge >= 0.3 is 0 Å². The number of aromatic hydroxyl groups is 2. The van der Waals surface area contributed by atoms with Crippen LogP contribution in [-0.4, -0.2) is 36.5 Å². The van der Waals surface area contributed by atoms with Crippen molar-refractivity contribution in [3.05, 3.63) is 45.9 Å². The van der Waals surface area contributed by atoms with Crippen molar-refractivity contribution in [2.45, 2.75) is 24.8 Å². The van der Waals surface area contributed by atoms with Gasteiger partial charge in [0.1, 0.15) is 16.7 Å². The molecule has 0 aromatic heterocycles. The zero-order chi connectivity index (χ0) is 21.2. The Kier molecular flexibility index (Phi) is 6.20. The van der Waals surface area contributed by atoms with Gasteiger partial charge in [0.25, 0.3) is 15.9 Å². The molecule has 0 saturated carbocycles. The first-order valence-electron chi connectivity index (χ1n) is 7.87. The van der Waals surface area contributed by atoms with Gasteiger partial charge in [-0.05, 0) is 49.7 Å². The minimum atomic E-state index is -4.28. The first kappa shape index (κ1) is 21.5. The molecule has 0 fully saturated rings. The van der Waals surface area contributed by atoms with E-state index in [9.17, 15) is 28.2 Å². The van der Waals surface area contributed by atoms with Gasteiger partial charge in [-0.25, -0.2) is 8.42 Å². The van der Waals surface area contributed by atoms with Crippen LogP contribution in [-0.2, 0) is 14.8 Å². The Balaban J connectivity index is 2.44. The number of hydrogen-bond donors (Lipinski definition) is 5. The fraction of sp³-hybridized carbons (Fsp3) is 0.176. The standard InChI is InChI=1S/C17H18BrN3O6S/c1-8-5-11(17(25)20-9(2)16(19)24)15(23)12(6-8)21-28(26,27)14-7-10(18)3-4-13(14)22/h3-7,9,21-23H,1-2H3,(H2,19,24)(H,20,25)/t9-/m0/s1. The molecule has 9 nitrogen and oxygen atoms in total. The topological polar surface area (TPSA) is 159 Å². The van der Waals surface area contributed by atoms with Crippen LogP contribution in [0.5, 0.6) is 11.5 Å². The number of anilines is 1. The summed E-state index contributed by atoms with van der Waals surface area (Å²) in [6, 6.07) is 5.49. The van der Waals surface area contributed by atoms with Crippen LogP contribution in [0, 0.1) is 6.92 Å². The zero-order valence-corrected chi connectivity index (χ0v) is 17.3. The molecular formula is C17H18BrN3O6S. The number of sulfonamides is 1. The fourth-order valence-electron chi connectivity index (χ4n) is 2.28. The molecule has 2 amide bonds. The average Bonchev–Trinajstić information content (AvgIpc) is 2.59. The third-order valence-corrected chi connectivity index (χ3v) is 5.62. The van der Waals surface area contributed by atoms with E-state index < -0.39 is 44.3 Å². The summed E-state index contributed by atoms with van der Waals surface area (Å²) >= 11 is 3.12. The summed E-state index contributed by atoms with van der Waals surface area (Å²) < 4.78 is 27.8. The molecule has 28 heavy (non-hydrogen) atoms. The predicted octanol–water partition coefficient (Wildman–Crippen LogP) is 1.57. The lowest BCUT2D eigenvalue weighted by Gasteiger charge is -2.16. The quantitative estimate of drug-likeness (QED) is 0.402. The second-order valence-electron chi connectivity index (χ2n) is 6.02. The summed E-state index contributed by atoms with van der Waals surface area (Å²) in [6.45, 7) is 2.95. The van der Waals surface area contributed by atoms with Crippen molar-refractivity contribution in [1.29, 1.82) is 0 Å². The Morgan fingerprint density at radius 1 is 1.18 bits per heavy atom. The second-order valence-corrected chi connectivity index (χ2v) is 8.59. The van der Waals surface area contributed by atoms with Crippen molar-refractivity contribution >= 4 is 43.5 Å². The van der Waals surface area contributed by atoms with Gasteiger partial charge < -0.3 is 21.3 Å². The number of benzene rings is 2. The third kappa shape index (κ3) is 4.73. The van der Waals surface area contributed by atoms with Crippen LogP contribution in [0.4, 0.5) is 5.69 Å². The highest BCUT2D eigenvalue weighted by molar-refractivity contribution is 9.10. The molecule has 6 N–H and O–H groups in total. The van der Waals surface area contributed by atoms with E-state index >= 15 is 0 Å². The van der Waals surface area contributed by atoms with E-state index in [0.717, 1.165) is 0 Å². The van der Waals surface area contributed by atoms with Crippen LogP contribution in [0.3, 0.4) is 0 Å². The first-order valence-corrected chi connectivity index (χ1v) is 10.1. The molecule has 0 aliphatic rings. The minimum Gasteiger partial charge on any atom is -0.507 e. The highest BCUT2D eigenvalue weighted by atomic mass is 79.9. The molecular weight excluding hydrogens is 454 g/mol. The Bertz CT molecular complexity index is 1060. The third-order valence-electron chi connectivity index (χ3n) is 3.73. The van der Waals surface area contributed by atoms with Crippen LogP contribution in [0.1, 0.15) is 22.8 Å². The zero-order valence-electron chi connectivity index (χ0n) is 14.9. The molecule has 0 heterocycles. The van der Waals surface area contributed by atoms with Crippen molar-refractivity contribution in [2.75, 3.05) is 4.72 Å². The van der Waals surface area contributed by atoms with E-state index in [1.165, 1.54) is 37.3 Å². The van der Waals surface area contributed by atoms with Gasteiger partial charge in [-0.2, -0.15) is 0 Å². The van der Waals surface area contributed by atoms with Gasteiger partial charge in [0.05, 0.1) is 11.3 Å². The smallest absolute Gasteiger partial charge is 0.265 e. The van der Waals surface area contributed by atoms with Gasteiger partial charge in [0, 0.05) is 4.47 Å². The van der Waals surface area contributed by atoms with Crippen molar-refractivity contribution in [2.24, 2.45) is 5.73 Å². The Labute approximate surface area is 169 Å². The van der Waals surface area contributed by atoms with Gasteiger partial charge in [0.15, 0.2) is 5.75 Å². The number of nitrogens with one attached hydrogen (secondary N) is 2. The minimum absolute atomic E-state index is 0.246. The molecule has 0 aliphatic carbocycles. The number of carbonyl (C=O) groups excluding carboxylic acids is 2. The first-order chi connectivity index (χ1) is 12.9. The molecule has 0 radical (unpaired) electrons. The maximum Gasteiger partial charge on any atom is 0.265 e. The number of halogens is 1. The van der Waals surface area contributed by atoms with Crippen LogP contribution in [0.15, 0.2) is 39.7 Å². The Morgan fingerprint density at radius 3 is 2.43 bits per heavy atom. The predicted molar refractivity (Wildman–Crippen MR) is 106 cm³/mol. The highest BCUT2D eigenvalue weighted by Gasteiger charge is 2.24. The number of aryl methyl sites for hydroxylation is 1. The van der Waals surface area contributed by atoms with Gasteiger partial charge in [0.2, 0.25) is 5.91 Å². The molecule has 0 spiro atoms. The highest BCUT2D eigenvalue weighted by Crippen LogP contribution is 2.33. The molecule has 0 bridgehead atoms. The summed E-state index contributed by atoms with van der Waals surface area (Å²) in [5.74, 6) is -2.71. The Morgan fingerprint density at radius 2 is 1.82 bits per heavy atom. The molecule has 2 rings (SSSR count). The lowest BCUT2D eigenvalue weighted by molar-refractivity contribution is -0.119. The van der Waals surface area contributed by atoms with E-state index in [1.54, 1.807) is 6.92 Å². The molecule has 0 saturated heterocycles. The summed E-state index contributed by atoms with van der Waals surface area (Å²) in [7, 11) is -4.28. The lowest BCUT2D eigenvalue weighted by Crippen LogP contribution is -2.42. The van der Waals surface area contributed by atoms with E-state index in [2.05, 4.69) is 26.0 Å². The van der Waals surface area contributed by atoms with Gasteiger partial charge in [-0.1, -0.05) is 15.9 Å². The fourth-order valence-corrected chi connectivity index (χ4v) is 3.97. The van der Waals surface area contributed by atoms with Crippen LogP contribution in [0.25, 0.3) is 0 Å². The van der Waals surface area contributed by atoms with Gasteiger partial charge in [-0.3, -0.25) is 14.3 Å². The molecule has 1 atom stereocenters. The Hall–Kier alpha value is -2.79. The summed E-state index contributed by atoms with van der Waals surface area (Å²) in [6.07, 6.45) is 0. The van der Waals surface area contributed by atoms with Crippen molar-refractivity contribution < 1.29 is 28.2 Å². The van der Waals surface area contributed by atoms with E-state index in [0.29, 0.717) is 10.0 Å². The number of nitrogens with two attached hydrogens (primary N) is 1. The van der Waals surface area contributed by atoms with Crippen LogP contribution >= 0.6 is 15.9 Å². The number of phenols is 2. The van der Waals surface area contributed by atoms with E-state index in [1.807, 2.05) is 0 Å². The molecule has 2 aromatic carbocycles. The van der Waals surface area contributed by atoms with Crippen LogP contribution in [0.2, 0.25) is 0 Å². The molecule has 0 aliphatic heterocycles. The maximum atomic E-state index is 12.6. The largest absolute Gasteiger partial charge is 0.507 e. The number of rotatable bonds is 6.